The van der Waals surface area contributed by atoms with E-state index in [4.69, 9.17) is 0 Å². The van der Waals surface area contributed by atoms with Crippen molar-refractivity contribution in [3.8, 4) is 5.69 Å². The Morgan fingerprint density at radius 1 is 1.26 bits per heavy atom. The van der Waals surface area contributed by atoms with Crippen molar-refractivity contribution >= 4 is 5.91 Å². The van der Waals surface area contributed by atoms with E-state index in [1.165, 1.54) is 0 Å². The molecule has 0 unspecified atom stereocenters. The van der Waals surface area contributed by atoms with Crippen molar-refractivity contribution in [1.29, 1.82) is 0 Å². The van der Waals surface area contributed by atoms with Gasteiger partial charge in [0.2, 0.25) is 5.91 Å². The number of hydrogen-bond donors (Lipinski definition) is 0. The van der Waals surface area contributed by atoms with E-state index in [9.17, 15) is 4.79 Å². The minimum Gasteiger partial charge on any atom is -0.341 e. The van der Waals surface area contributed by atoms with Gasteiger partial charge in [0.1, 0.15) is 0 Å². The first-order chi connectivity index (χ1) is 11.0. The van der Waals surface area contributed by atoms with Gasteiger partial charge in [0.25, 0.3) is 0 Å². The van der Waals surface area contributed by atoms with E-state index >= 15 is 0 Å². The molecular formula is C19H23N3O. The van der Waals surface area contributed by atoms with Crippen molar-refractivity contribution < 1.29 is 4.79 Å². The van der Waals surface area contributed by atoms with Crippen LogP contribution in [-0.4, -0.2) is 27.6 Å². The summed E-state index contributed by atoms with van der Waals surface area (Å²) < 4.78 is 1.95. The number of benzene rings is 1. The van der Waals surface area contributed by atoms with Gasteiger partial charge in [0.05, 0.1) is 11.4 Å². The molecule has 2 aromatic rings. The molecule has 1 aromatic heterocycles. The molecule has 1 aliphatic rings. The predicted molar refractivity (Wildman–Crippen MR) is 91.4 cm³/mol. The van der Waals surface area contributed by atoms with E-state index in [1.54, 1.807) is 0 Å². The van der Waals surface area contributed by atoms with Crippen molar-refractivity contribution in [2.45, 2.75) is 33.2 Å². The third-order valence-electron chi connectivity index (χ3n) is 4.32. The molecule has 0 spiro atoms. The van der Waals surface area contributed by atoms with Gasteiger partial charge < -0.3 is 4.90 Å². The van der Waals surface area contributed by atoms with E-state index < -0.39 is 0 Å². The van der Waals surface area contributed by atoms with Crippen LogP contribution in [-0.2, 0) is 11.3 Å². The number of allylic oxidation sites excluding steroid dienone is 2. The predicted octanol–water partition coefficient (Wildman–Crippen LogP) is 3.41. The minimum absolute atomic E-state index is 0.124. The molecule has 0 saturated carbocycles. The molecular weight excluding hydrogens is 286 g/mol. The first kappa shape index (κ1) is 15.5. The highest BCUT2D eigenvalue weighted by atomic mass is 16.2. The number of aryl methyl sites for hydroxylation is 2. The Kier molecular flexibility index (Phi) is 4.33. The molecule has 0 aliphatic heterocycles. The summed E-state index contributed by atoms with van der Waals surface area (Å²) in [5, 5.41) is 4.53. The Bertz CT molecular complexity index is 737. The molecule has 0 bridgehead atoms. The molecule has 0 radical (unpaired) electrons. The number of hydrogen-bond acceptors (Lipinski definition) is 2. The number of amides is 1. The highest BCUT2D eigenvalue weighted by Gasteiger charge is 2.22. The lowest BCUT2D eigenvalue weighted by Gasteiger charge is -2.21. The van der Waals surface area contributed by atoms with Gasteiger partial charge in [0, 0.05) is 25.2 Å². The standard InChI is InChI=1S/C19H23N3O/c1-14-11-15(2)22(20-14)18-10-6-7-16(12-18)13-21(3)19(23)17-8-4-5-9-17/h4-7,10-12,17H,8-9,13H2,1-3H3. The summed E-state index contributed by atoms with van der Waals surface area (Å²) in [4.78, 5) is 14.3. The highest BCUT2D eigenvalue weighted by Crippen LogP contribution is 2.21. The van der Waals surface area contributed by atoms with Gasteiger partial charge in [-0.15, -0.1) is 0 Å². The van der Waals surface area contributed by atoms with Crippen LogP contribution < -0.4 is 0 Å². The van der Waals surface area contributed by atoms with Crippen LogP contribution in [0.1, 0.15) is 29.8 Å². The fraction of sp³-hybridized carbons (Fsp3) is 0.368. The van der Waals surface area contributed by atoms with Gasteiger partial charge in [-0.3, -0.25) is 4.79 Å². The number of carbonyl (C=O) groups is 1. The Balaban J connectivity index is 1.75. The monoisotopic (exact) mass is 309 g/mol. The summed E-state index contributed by atoms with van der Waals surface area (Å²) in [5.41, 5.74) is 4.28. The zero-order chi connectivity index (χ0) is 16.4. The minimum atomic E-state index is 0.124. The van der Waals surface area contributed by atoms with Crippen molar-refractivity contribution in [3.63, 3.8) is 0 Å². The average Bonchev–Trinajstić information content (AvgIpc) is 3.16. The summed E-state index contributed by atoms with van der Waals surface area (Å²) in [6, 6.07) is 10.3. The van der Waals surface area contributed by atoms with Crippen LogP contribution in [0.25, 0.3) is 5.69 Å². The number of carbonyl (C=O) groups excluding carboxylic acids is 1. The molecule has 23 heavy (non-hydrogen) atoms. The zero-order valence-electron chi connectivity index (χ0n) is 14.0. The quantitative estimate of drug-likeness (QED) is 0.812. The summed E-state index contributed by atoms with van der Waals surface area (Å²) in [6.07, 6.45) is 5.93. The summed E-state index contributed by atoms with van der Waals surface area (Å²) in [7, 11) is 1.89. The normalized spacial score (nSPS) is 14.4. The summed E-state index contributed by atoms with van der Waals surface area (Å²) >= 11 is 0. The molecule has 0 atom stereocenters. The Labute approximate surface area is 137 Å². The Morgan fingerprint density at radius 2 is 2.00 bits per heavy atom. The van der Waals surface area contributed by atoms with Crippen LogP contribution in [0, 0.1) is 19.8 Å². The van der Waals surface area contributed by atoms with Gasteiger partial charge in [0.15, 0.2) is 0 Å². The number of rotatable bonds is 4. The largest absolute Gasteiger partial charge is 0.341 e. The molecule has 4 heteroatoms. The van der Waals surface area contributed by atoms with Crippen LogP contribution in [0.5, 0.6) is 0 Å². The lowest BCUT2D eigenvalue weighted by atomic mass is 10.1. The smallest absolute Gasteiger partial charge is 0.226 e. The lowest BCUT2D eigenvalue weighted by molar-refractivity contribution is -0.134. The van der Waals surface area contributed by atoms with E-state index in [2.05, 4.69) is 42.4 Å². The molecule has 120 valence electrons. The maximum absolute atomic E-state index is 12.4. The van der Waals surface area contributed by atoms with Crippen molar-refractivity contribution in [2.75, 3.05) is 7.05 Å². The molecule has 1 aromatic carbocycles. The first-order valence-electron chi connectivity index (χ1n) is 8.07. The van der Waals surface area contributed by atoms with E-state index in [1.807, 2.05) is 35.7 Å². The second kappa shape index (κ2) is 6.41. The maximum Gasteiger partial charge on any atom is 0.226 e. The zero-order valence-corrected chi connectivity index (χ0v) is 14.0. The topological polar surface area (TPSA) is 38.1 Å². The molecule has 0 fully saturated rings. The van der Waals surface area contributed by atoms with Gasteiger partial charge in [-0.1, -0.05) is 24.3 Å². The average molecular weight is 309 g/mol. The van der Waals surface area contributed by atoms with Gasteiger partial charge in [-0.2, -0.15) is 5.10 Å². The van der Waals surface area contributed by atoms with E-state index in [0.717, 1.165) is 35.5 Å². The second-order valence-electron chi connectivity index (χ2n) is 6.34. The van der Waals surface area contributed by atoms with Crippen LogP contribution in [0.15, 0.2) is 42.5 Å². The lowest BCUT2D eigenvalue weighted by Crippen LogP contribution is -2.31. The summed E-state index contributed by atoms with van der Waals surface area (Å²) in [5.74, 6) is 0.353. The molecule has 1 heterocycles. The Hall–Kier alpha value is -2.36. The molecule has 0 saturated heterocycles. The molecule has 1 amide bonds. The van der Waals surface area contributed by atoms with Crippen LogP contribution in [0.4, 0.5) is 0 Å². The van der Waals surface area contributed by atoms with Crippen molar-refractivity contribution in [1.82, 2.24) is 14.7 Å². The fourth-order valence-electron chi connectivity index (χ4n) is 3.16. The summed E-state index contributed by atoms with van der Waals surface area (Å²) in [6.45, 7) is 4.67. The SMILES string of the molecule is Cc1cc(C)n(-c2cccc(CN(C)C(=O)C3CC=CC3)c2)n1. The van der Waals surface area contributed by atoms with Gasteiger partial charge >= 0.3 is 0 Å². The third-order valence-corrected chi connectivity index (χ3v) is 4.32. The number of aromatic nitrogens is 2. The van der Waals surface area contributed by atoms with Gasteiger partial charge in [-0.05, 0) is 50.5 Å². The van der Waals surface area contributed by atoms with E-state index in [0.29, 0.717) is 6.54 Å². The third kappa shape index (κ3) is 3.36. The molecule has 0 N–H and O–H groups in total. The van der Waals surface area contributed by atoms with Crippen LogP contribution >= 0.6 is 0 Å². The molecule has 1 aliphatic carbocycles. The fourth-order valence-corrected chi connectivity index (χ4v) is 3.16. The van der Waals surface area contributed by atoms with Crippen LogP contribution in [0.3, 0.4) is 0 Å². The van der Waals surface area contributed by atoms with Crippen LogP contribution in [0.2, 0.25) is 0 Å². The van der Waals surface area contributed by atoms with Gasteiger partial charge in [-0.25, -0.2) is 4.68 Å². The van der Waals surface area contributed by atoms with Crippen molar-refractivity contribution in [3.05, 3.63) is 59.4 Å². The highest BCUT2D eigenvalue weighted by molar-refractivity contribution is 5.79. The molecule has 4 nitrogen and oxygen atoms in total. The molecule has 3 rings (SSSR count). The maximum atomic E-state index is 12.4. The number of nitrogens with zero attached hydrogens (tertiary/aromatic N) is 3. The van der Waals surface area contributed by atoms with Crippen molar-refractivity contribution in [2.24, 2.45) is 5.92 Å². The Morgan fingerprint density at radius 3 is 2.65 bits per heavy atom. The van der Waals surface area contributed by atoms with E-state index in [-0.39, 0.29) is 11.8 Å². The second-order valence-corrected chi connectivity index (χ2v) is 6.34. The first-order valence-corrected chi connectivity index (χ1v) is 8.07.